The van der Waals surface area contributed by atoms with E-state index in [1.165, 1.54) is 0 Å². The fourth-order valence-corrected chi connectivity index (χ4v) is 1.91. The van der Waals surface area contributed by atoms with Crippen molar-refractivity contribution in [2.75, 3.05) is 6.54 Å². The fourth-order valence-electron chi connectivity index (χ4n) is 1.30. The van der Waals surface area contributed by atoms with Gasteiger partial charge in [0, 0.05) is 16.7 Å². The predicted molar refractivity (Wildman–Crippen MR) is 66.8 cm³/mol. The Labute approximate surface area is 103 Å². The molecule has 1 rings (SSSR count). The molecule has 0 saturated heterocycles. The lowest BCUT2D eigenvalue weighted by Crippen LogP contribution is -2.30. The Kier molecular flexibility index (Phi) is 4.73. The number of nitrogens with one attached hydrogen (secondary N) is 2. The van der Waals surface area contributed by atoms with Gasteiger partial charge in [-0.05, 0) is 34.8 Å². The summed E-state index contributed by atoms with van der Waals surface area (Å²) < 4.78 is 0.760. The van der Waals surface area contributed by atoms with Crippen molar-refractivity contribution in [3.63, 3.8) is 0 Å². The molecule has 0 aliphatic heterocycles. The Hall–Kier alpha value is -1.10. The monoisotopic (exact) mass is 286 g/mol. The Morgan fingerprint density at radius 1 is 1.50 bits per heavy atom. The van der Waals surface area contributed by atoms with Crippen LogP contribution >= 0.6 is 15.9 Å². The van der Waals surface area contributed by atoms with Gasteiger partial charge in [-0.25, -0.2) is 0 Å². The van der Waals surface area contributed by atoms with Gasteiger partial charge in [0.1, 0.15) is 5.56 Å². The number of aromatic nitrogens is 1. The molecule has 0 bridgehead atoms. The highest BCUT2D eigenvalue weighted by atomic mass is 79.9. The van der Waals surface area contributed by atoms with Gasteiger partial charge in [0.2, 0.25) is 0 Å². The van der Waals surface area contributed by atoms with Gasteiger partial charge in [-0.15, -0.1) is 0 Å². The Morgan fingerprint density at radius 2 is 2.19 bits per heavy atom. The minimum Gasteiger partial charge on any atom is -0.352 e. The third-order valence-electron chi connectivity index (χ3n) is 2.20. The maximum Gasteiger partial charge on any atom is 0.261 e. The van der Waals surface area contributed by atoms with Gasteiger partial charge in [-0.1, -0.05) is 13.8 Å². The SMILES string of the molecule is CCCNC(=O)c1cc(Br)c(CC)[nH]c1=O. The van der Waals surface area contributed by atoms with E-state index in [-0.39, 0.29) is 17.0 Å². The zero-order chi connectivity index (χ0) is 12.1. The third kappa shape index (κ3) is 2.95. The van der Waals surface area contributed by atoms with Crippen molar-refractivity contribution < 1.29 is 4.79 Å². The number of hydrogen-bond acceptors (Lipinski definition) is 2. The van der Waals surface area contributed by atoms with Crippen molar-refractivity contribution in [2.45, 2.75) is 26.7 Å². The first-order valence-corrected chi connectivity index (χ1v) is 6.09. The number of carbonyl (C=O) groups is 1. The number of amides is 1. The second-order valence-electron chi connectivity index (χ2n) is 3.45. The van der Waals surface area contributed by atoms with E-state index >= 15 is 0 Å². The van der Waals surface area contributed by atoms with Gasteiger partial charge in [0.15, 0.2) is 0 Å². The molecule has 0 aliphatic rings. The van der Waals surface area contributed by atoms with Crippen LogP contribution in [-0.4, -0.2) is 17.4 Å². The average Bonchev–Trinajstić information content (AvgIpc) is 2.28. The fraction of sp³-hybridized carbons (Fsp3) is 0.455. The number of hydrogen-bond donors (Lipinski definition) is 2. The molecule has 5 heteroatoms. The molecule has 2 N–H and O–H groups in total. The average molecular weight is 287 g/mol. The van der Waals surface area contributed by atoms with E-state index < -0.39 is 0 Å². The summed E-state index contributed by atoms with van der Waals surface area (Å²) in [5.41, 5.74) is 0.614. The van der Waals surface area contributed by atoms with Crippen LogP contribution in [-0.2, 0) is 6.42 Å². The molecule has 1 aromatic rings. The number of aromatic amines is 1. The second-order valence-corrected chi connectivity index (χ2v) is 4.30. The van der Waals surface area contributed by atoms with Crippen LogP contribution in [0.3, 0.4) is 0 Å². The van der Waals surface area contributed by atoms with Crippen LogP contribution < -0.4 is 10.9 Å². The zero-order valence-corrected chi connectivity index (χ0v) is 11.0. The van der Waals surface area contributed by atoms with Gasteiger partial charge >= 0.3 is 0 Å². The molecule has 0 saturated carbocycles. The molecule has 0 atom stereocenters. The maximum atomic E-state index is 11.6. The minimum absolute atomic E-state index is 0.150. The third-order valence-corrected chi connectivity index (χ3v) is 2.91. The molecule has 0 aromatic carbocycles. The first kappa shape index (κ1) is 13.0. The summed E-state index contributed by atoms with van der Waals surface area (Å²) >= 11 is 3.33. The summed E-state index contributed by atoms with van der Waals surface area (Å²) in [5.74, 6) is -0.327. The number of H-pyrrole nitrogens is 1. The van der Waals surface area contributed by atoms with Crippen molar-refractivity contribution in [3.8, 4) is 0 Å². The lowest BCUT2D eigenvalue weighted by molar-refractivity contribution is 0.0952. The van der Waals surface area contributed by atoms with Gasteiger partial charge in [-0.2, -0.15) is 0 Å². The van der Waals surface area contributed by atoms with Crippen molar-refractivity contribution >= 4 is 21.8 Å². The van der Waals surface area contributed by atoms with Crippen LogP contribution in [0.2, 0.25) is 0 Å². The second kappa shape index (κ2) is 5.84. The summed E-state index contributed by atoms with van der Waals surface area (Å²) in [6.45, 7) is 4.47. The van der Waals surface area contributed by atoms with E-state index in [0.29, 0.717) is 13.0 Å². The molecule has 0 unspecified atom stereocenters. The van der Waals surface area contributed by atoms with Crippen LogP contribution in [0.15, 0.2) is 15.3 Å². The molecular weight excluding hydrogens is 272 g/mol. The zero-order valence-electron chi connectivity index (χ0n) is 9.39. The molecule has 1 heterocycles. The van der Waals surface area contributed by atoms with Crippen LogP contribution in [0, 0.1) is 0 Å². The number of aryl methyl sites for hydroxylation is 1. The molecule has 0 aliphatic carbocycles. The lowest BCUT2D eigenvalue weighted by atomic mass is 10.2. The van der Waals surface area contributed by atoms with E-state index in [2.05, 4.69) is 26.2 Å². The van der Waals surface area contributed by atoms with E-state index in [0.717, 1.165) is 16.6 Å². The molecule has 88 valence electrons. The van der Waals surface area contributed by atoms with Crippen LogP contribution in [0.25, 0.3) is 0 Å². The molecule has 0 spiro atoms. The minimum atomic E-state index is -0.339. The van der Waals surface area contributed by atoms with Crippen molar-refractivity contribution in [1.82, 2.24) is 10.3 Å². The molecule has 0 radical (unpaired) electrons. The van der Waals surface area contributed by atoms with Crippen molar-refractivity contribution in [1.29, 1.82) is 0 Å². The van der Waals surface area contributed by atoms with Gasteiger partial charge in [0.25, 0.3) is 11.5 Å². The Balaban J connectivity index is 3.02. The molecule has 0 fully saturated rings. The number of halogens is 1. The topological polar surface area (TPSA) is 62.0 Å². The highest BCUT2D eigenvalue weighted by Gasteiger charge is 2.12. The van der Waals surface area contributed by atoms with Crippen LogP contribution in [0.1, 0.15) is 36.3 Å². The molecule has 4 nitrogen and oxygen atoms in total. The van der Waals surface area contributed by atoms with Crippen LogP contribution in [0.5, 0.6) is 0 Å². The first-order chi connectivity index (χ1) is 7.60. The molecule has 16 heavy (non-hydrogen) atoms. The smallest absolute Gasteiger partial charge is 0.261 e. The summed E-state index contributed by atoms with van der Waals surface area (Å²) in [4.78, 5) is 25.9. The first-order valence-electron chi connectivity index (χ1n) is 5.30. The largest absolute Gasteiger partial charge is 0.352 e. The molecular formula is C11H15BrN2O2. The summed E-state index contributed by atoms with van der Waals surface area (Å²) in [5, 5.41) is 2.67. The van der Waals surface area contributed by atoms with Crippen LogP contribution in [0.4, 0.5) is 0 Å². The molecule has 1 amide bonds. The van der Waals surface area contributed by atoms with E-state index in [1.807, 2.05) is 13.8 Å². The van der Waals surface area contributed by atoms with E-state index in [1.54, 1.807) is 6.07 Å². The predicted octanol–water partition coefficient (Wildman–Crippen LogP) is 1.84. The lowest BCUT2D eigenvalue weighted by Gasteiger charge is -2.05. The van der Waals surface area contributed by atoms with Gasteiger partial charge in [0.05, 0.1) is 0 Å². The maximum absolute atomic E-state index is 11.6. The summed E-state index contributed by atoms with van der Waals surface area (Å²) in [6.07, 6.45) is 1.56. The van der Waals surface area contributed by atoms with Gasteiger partial charge in [-0.3, -0.25) is 9.59 Å². The summed E-state index contributed by atoms with van der Waals surface area (Å²) in [7, 11) is 0. The normalized spacial score (nSPS) is 10.2. The van der Waals surface area contributed by atoms with E-state index in [9.17, 15) is 9.59 Å². The van der Waals surface area contributed by atoms with Crippen molar-refractivity contribution in [3.05, 3.63) is 32.2 Å². The highest BCUT2D eigenvalue weighted by molar-refractivity contribution is 9.10. The number of rotatable bonds is 4. The quantitative estimate of drug-likeness (QED) is 0.887. The number of carbonyl (C=O) groups excluding carboxylic acids is 1. The standard InChI is InChI=1S/C11H15BrN2O2/c1-3-5-13-10(15)7-6-8(12)9(4-2)14-11(7)16/h6H,3-5H2,1-2H3,(H,13,15)(H,14,16). The number of pyridine rings is 1. The van der Waals surface area contributed by atoms with E-state index in [4.69, 9.17) is 0 Å². The highest BCUT2D eigenvalue weighted by Crippen LogP contribution is 2.14. The van der Waals surface area contributed by atoms with Crippen molar-refractivity contribution in [2.24, 2.45) is 0 Å². The van der Waals surface area contributed by atoms with Gasteiger partial charge < -0.3 is 10.3 Å². The molecule has 1 aromatic heterocycles. The Bertz CT molecular complexity index is 440. The summed E-state index contributed by atoms with van der Waals surface area (Å²) in [6, 6.07) is 1.57. The Morgan fingerprint density at radius 3 is 2.75 bits per heavy atom.